The average molecular weight is 288 g/mol. The van der Waals surface area contributed by atoms with Gasteiger partial charge >= 0.3 is 6.18 Å². The number of benzene rings is 1. The number of aryl methyl sites for hydroxylation is 1. The summed E-state index contributed by atoms with van der Waals surface area (Å²) in [4.78, 5) is 13.3. The highest BCUT2D eigenvalue weighted by molar-refractivity contribution is 5.93. The molecule has 0 bridgehead atoms. The molecule has 2 N–H and O–H groups in total. The summed E-state index contributed by atoms with van der Waals surface area (Å²) in [5.74, 6) is -0.528. The second-order valence-electron chi connectivity index (χ2n) is 4.64. The molecule has 0 spiro atoms. The maximum Gasteiger partial charge on any atom is 0.389 e. The highest BCUT2D eigenvalue weighted by Crippen LogP contribution is 2.23. The summed E-state index contributed by atoms with van der Waals surface area (Å²) in [6.45, 7) is 2.62. The maximum absolute atomic E-state index is 12.2. The van der Waals surface area contributed by atoms with Crippen molar-refractivity contribution in [2.24, 2.45) is 5.73 Å². The van der Waals surface area contributed by atoms with Crippen molar-refractivity contribution in [1.82, 2.24) is 0 Å². The van der Waals surface area contributed by atoms with E-state index in [-0.39, 0.29) is 0 Å². The number of carbonyl (C=O) groups is 1. The van der Waals surface area contributed by atoms with E-state index in [1.807, 2.05) is 19.1 Å². The highest BCUT2D eigenvalue weighted by atomic mass is 19.4. The third-order valence-electron chi connectivity index (χ3n) is 2.85. The molecule has 0 aromatic heterocycles. The SMILES string of the molecule is Cc1ccc(N(CCCN)C(=O)CCC(F)(F)F)cc1. The topological polar surface area (TPSA) is 46.3 Å². The molecule has 0 atom stereocenters. The van der Waals surface area contributed by atoms with Crippen molar-refractivity contribution in [3.8, 4) is 0 Å². The van der Waals surface area contributed by atoms with E-state index in [1.54, 1.807) is 12.1 Å². The number of hydrogen-bond acceptors (Lipinski definition) is 2. The number of halogens is 3. The smallest absolute Gasteiger partial charge is 0.330 e. The number of nitrogens with two attached hydrogens (primary N) is 1. The third kappa shape index (κ3) is 5.61. The number of alkyl halides is 3. The van der Waals surface area contributed by atoms with E-state index >= 15 is 0 Å². The molecule has 20 heavy (non-hydrogen) atoms. The van der Waals surface area contributed by atoms with E-state index in [2.05, 4.69) is 0 Å². The molecule has 3 nitrogen and oxygen atoms in total. The number of amides is 1. The van der Waals surface area contributed by atoms with Crippen LogP contribution >= 0.6 is 0 Å². The zero-order valence-corrected chi connectivity index (χ0v) is 11.4. The molecule has 0 radical (unpaired) electrons. The van der Waals surface area contributed by atoms with E-state index in [0.717, 1.165) is 5.56 Å². The molecule has 0 heterocycles. The fourth-order valence-corrected chi connectivity index (χ4v) is 1.76. The standard InChI is InChI=1S/C14H19F3N2O/c1-11-3-5-12(6-4-11)19(10-2-9-18)13(20)7-8-14(15,16)17/h3-6H,2,7-10,18H2,1H3. The van der Waals surface area contributed by atoms with Crippen LogP contribution in [-0.4, -0.2) is 25.2 Å². The molecular formula is C14H19F3N2O. The molecule has 1 aromatic carbocycles. The van der Waals surface area contributed by atoms with Crippen LogP contribution in [0.5, 0.6) is 0 Å². The van der Waals surface area contributed by atoms with Gasteiger partial charge in [-0.1, -0.05) is 17.7 Å². The van der Waals surface area contributed by atoms with Gasteiger partial charge in [0.05, 0.1) is 6.42 Å². The van der Waals surface area contributed by atoms with Gasteiger partial charge in [-0.2, -0.15) is 13.2 Å². The quantitative estimate of drug-likeness (QED) is 0.874. The molecule has 0 fully saturated rings. The van der Waals surface area contributed by atoms with E-state index in [4.69, 9.17) is 5.73 Å². The summed E-state index contributed by atoms with van der Waals surface area (Å²) in [7, 11) is 0. The molecule has 1 aromatic rings. The first-order valence-electron chi connectivity index (χ1n) is 6.47. The average Bonchev–Trinajstić information content (AvgIpc) is 2.38. The molecule has 0 aliphatic rings. The van der Waals surface area contributed by atoms with Crippen LogP contribution in [0.1, 0.15) is 24.8 Å². The molecule has 0 aliphatic heterocycles. The molecule has 1 rings (SSSR count). The van der Waals surface area contributed by atoms with Crippen LogP contribution < -0.4 is 10.6 Å². The van der Waals surface area contributed by atoms with Crippen LogP contribution in [0.3, 0.4) is 0 Å². The van der Waals surface area contributed by atoms with E-state index in [0.29, 0.717) is 25.2 Å². The van der Waals surface area contributed by atoms with E-state index < -0.39 is 24.9 Å². The van der Waals surface area contributed by atoms with Crippen LogP contribution in [-0.2, 0) is 4.79 Å². The van der Waals surface area contributed by atoms with Crippen molar-refractivity contribution in [2.75, 3.05) is 18.0 Å². The largest absolute Gasteiger partial charge is 0.389 e. The number of hydrogen-bond donors (Lipinski definition) is 1. The van der Waals surface area contributed by atoms with Gasteiger partial charge in [-0.15, -0.1) is 0 Å². The minimum atomic E-state index is -4.32. The summed E-state index contributed by atoms with van der Waals surface area (Å²) in [6.07, 6.45) is -5.41. The molecule has 0 saturated carbocycles. The second-order valence-corrected chi connectivity index (χ2v) is 4.64. The van der Waals surface area contributed by atoms with Gasteiger partial charge in [-0.3, -0.25) is 4.79 Å². The van der Waals surface area contributed by atoms with Crippen LogP contribution in [0.25, 0.3) is 0 Å². The van der Waals surface area contributed by atoms with E-state index in [1.165, 1.54) is 4.90 Å². The number of anilines is 1. The molecular weight excluding hydrogens is 269 g/mol. The first kappa shape index (κ1) is 16.5. The van der Waals surface area contributed by atoms with Crippen molar-refractivity contribution < 1.29 is 18.0 Å². The lowest BCUT2D eigenvalue weighted by Gasteiger charge is -2.23. The maximum atomic E-state index is 12.2. The fourth-order valence-electron chi connectivity index (χ4n) is 1.76. The molecule has 0 aliphatic carbocycles. The van der Waals surface area contributed by atoms with Gasteiger partial charge < -0.3 is 10.6 Å². The lowest BCUT2D eigenvalue weighted by molar-refractivity contribution is -0.143. The predicted octanol–water partition coefficient (Wildman–Crippen LogP) is 3.02. The minimum absolute atomic E-state index is 0.330. The highest BCUT2D eigenvalue weighted by Gasteiger charge is 2.29. The first-order valence-corrected chi connectivity index (χ1v) is 6.47. The number of rotatable bonds is 6. The zero-order valence-electron chi connectivity index (χ0n) is 11.4. The number of carbonyl (C=O) groups excluding carboxylic acids is 1. The van der Waals surface area contributed by atoms with Crippen molar-refractivity contribution in [3.63, 3.8) is 0 Å². The summed E-state index contributed by atoms with van der Waals surface area (Å²) in [6, 6.07) is 7.11. The molecule has 112 valence electrons. The Labute approximate surface area is 116 Å². The monoisotopic (exact) mass is 288 g/mol. The van der Waals surface area contributed by atoms with Gasteiger partial charge in [0, 0.05) is 18.7 Å². The molecule has 0 unspecified atom stereocenters. The minimum Gasteiger partial charge on any atom is -0.330 e. The van der Waals surface area contributed by atoms with Crippen LogP contribution in [0.2, 0.25) is 0 Å². The molecule has 0 saturated heterocycles. The lowest BCUT2D eigenvalue weighted by atomic mass is 10.2. The zero-order chi connectivity index (χ0) is 15.2. The second kappa shape index (κ2) is 7.28. The van der Waals surface area contributed by atoms with Crippen LogP contribution in [0, 0.1) is 6.92 Å². The van der Waals surface area contributed by atoms with E-state index in [9.17, 15) is 18.0 Å². The predicted molar refractivity (Wildman–Crippen MR) is 72.5 cm³/mol. The molecule has 6 heteroatoms. The number of nitrogens with zero attached hydrogens (tertiary/aromatic N) is 1. The van der Waals surface area contributed by atoms with Crippen molar-refractivity contribution in [3.05, 3.63) is 29.8 Å². The van der Waals surface area contributed by atoms with Gasteiger partial charge in [0.15, 0.2) is 0 Å². The normalized spacial score (nSPS) is 11.4. The summed E-state index contributed by atoms with van der Waals surface area (Å²) >= 11 is 0. The lowest BCUT2D eigenvalue weighted by Crippen LogP contribution is -2.33. The van der Waals surface area contributed by atoms with Crippen molar-refractivity contribution in [2.45, 2.75) is 32.4 Å². The Morgan fingerprint density at radius 3 is 2.35 bits per heavy atom. The fraction of sp³-hybridized carbons (Fsp3) is 0.500. The van der Waals surface area contributed by atoms with Gasteiger partial charge in [0.25, 0.3) is 0 Å². The molecule has 1 amide bonds. The first-order chi connectivity index (χ1) is 9.33. The van der Waals surface area contributed by atoms with Crippen molar-refractivity contribution in [1.29, 1.82) is 0 Å². The Hall–Kier alpha value is -1.56. The summed E-state index contributed by atoms with van der Waals surface area (Å²) in [5.41, 5.74) is 7.04. The van der Waals surface area contributed by atoms with Gasteiger partial charge in [-0.25, -0.2) is 0 Å². The Morgan fingerprint density at radius 1 is 1.25 bits per heavy atom. The van der Waals surface area contributed by atoms with Gasteiger partial charge in [-0.05, 0) is 32.0 Å². The Kier molecular flexibility index (Phi) is 6.01. The Bertz CT molecular complexity index is 429. The summed E-state index contributed by atoms with van der Waals surface area (Å²) in [5, 5.41) is 0. The Balaban J connectivity index is 2.77. The van der Waals surface area contributed by atoms with Crippen LogP contribution in [0.15, 0.2) is 24.3 Å². The van der Waals surface area contributed by atoms with Gasteiger partial charge in [0.1, 0.15) is 0 Å². The third-order valence-corrected chi connectivity index (χ3v) is 2.85. The summed E-state index contributed by atoms with van der Waals surface area (Å²) < 4.78 is 36.6. The Morgan fingerprint density at radius 2 is 1.85 bits per heavy atom. The van der Waals surface area contributed by atoms with Gasteiger partial charge in [0.2, 0.25) is 5.91 Å². The van der Waals surface area contributed by atoms with Crippen molar-refractivity contribution >= 4 is 11.6 Å². The van der Waals surface area contributed by atoms with Crippen LogP contribution in [0.4, 0.5) is 18.9 Å².